The van der Waals surface area contributed by atoms with E-state index in [1.54, 1.807) is 39.0 Å². The van der Waals surface area contributed by atoms with Crippen molar-refractivity contribution in [1.29, 1.82) is 0 Å². The zero-order valence-corrected chi connectivity index (χ0v) is 12.8. The summed E-state index contributed by atoms with van der Waals surface area (Å²) in [5, 5.41) is 0.298. The zero-order chi connectivity index (χ0) is 13.9. The van der Waals surface area contributed by atoms with Crippen LogP contribution in [0.1, 0.15) is 31.1 Å². The Hall–Kier alpha value is -0.870. The van der Waals surface area contributed by atoms with E-state index in [-0.39, 0.29) is 18.0 Å². The van der Waals surface area contributed by atoms with Crippen LogP contribution in [-0.2, 0) is 9.53 Å². The summed E-state index contributed by atoms with van der Waals surface area (Å²) in [4.78, 5) is 23.4. The smallest absolute Gasteiger partial charge is 0.340 e. The molecule has 18 heavy (non-hydrogen) atoms. The Morgan fingerprint density at radius 1 is 1.33 bits per heavy atom. The second-order valence-corrected chi connectivity index (χ2v) is 6.20. The van der Waals surface area contributed by atoms with Gasteiger partial charge in [-0.05, 0) is 18.2 Å². The number of esters is 1. The van der Waals surface area contributed by atoms with E-state index in [9.17, 15) is 9.59 Å². The average molecular weight is 334 g/mol. The summed E-state index contributed by atoms with van der Waals surface area (Å²) < 4.78 is 5.68. The number of hydrogen-bond donors (Lipinski definition) is 0. The van der Waals surface area contributed by atoms with Gasteiger partial charge in [-0.15, -0.1) is 0 Å². The van der Waals surface area contributed by atoms with Gasteiger partial charge in [0.1, 0.15) is 0 Å². The predicted molar refractivity (Wildman–Crippen MR) is 73.9 cm³/mol. The summed E-state index contributed by atoms with van der Waals surface area (Å²) >= 11 is 9.13. The van der Waals surface area contributed by atoms with Gasteiger partial charge >= 0.3 is 5.97 Å². The van der Waals surface area contributed by atoms with Crippen molar-refractivity contribution < 1.29 is 14.3 Å². The monoisotopic (exact) mass is 332 g/mol. The minimum atomic E-state index is -0.598. The molecule has 0 saturated heterocycles. The number of rotatable bonds is 3. The third-order valence-electron chi connectivity index (χ3n) is 2.32. The Kier molecular flexibility index (Phi) is 4.93. The van der Waals surface area contributed by atoms with Gasteiger partial charge in [-0.2, -0.15) is 0 Å². The summed E-state index contributed by atoms with van der Waals surface area (Å²) in [6, 6.07) is 4.87. The van der Waals surface area contributed by atoms with Gasteiger partial charge in [0.05, 0.1) is 10.6 Å². The van der Waals surface area contributed by atoms with Crippen LogP contribution in [0.3, 0.4) is 0 Å². The Labute approximate surface area is 120 Å². The van der Waals surface area contributed by atoms with E-state index in [0.717, 1.165) is 4.47 Å². The molecule has 0 amide bonds. The topological polar surface area (TPSA) is 43.4 Å². The molecule has 1 rings (SSSR count). The molecule has 0 saturated carbocycles. The van der Waals surface area contributed by atoms with Crippen LogP contribution in [-0.4, -0.2) is 18.4 Å². The molecular weight excluding hydrogens is 319 g/mol. The summed E-state index contributed by atoms with van der Waals surface area (Å²) in [5.74, 6) is -0.735. The van der Waals surface area contributed by atoms with E-state index in [1.807, 2.05) is 0 Å². The minimum absolute atomic E-state index is 0.137. The van der Waals surface area contributed by atoms with Gasteiger partial charge in [-0.3, -0.25) is 4.79 Å². The SMILES string of the molecule is CC(C)(C)C(=O)COC(=O)c1cc(Br)ccc1Cl. The van der Waals surface area contributed by atoms with Gasteiger partial charge in [-0.25, -0.2) is 4.79 Å². The van der Waals surface area contributed by atoms with Crippen LogP contribution in [0.25, 0.3) is 0 Å². The number of carbonyl (C=O) groups excluding carboxylic acids is 2. The van der Waals surface area contributed by atoms with Crippen LogP contribution >= 0.6 is 27.5 Å². The van der Waals surface area contributed by atoms with Crippen molar-refractivity contribution in [2.45, 2.75) is 20.8 Å². The van der Waals surface area contributed by atoms with Crippen molar-refractivity contribution >= 4 is 39.3 Å². The molecule has 0 unspecified atom stereocenters. The molecule has 0 aliphatic heterocycles. The van der Waals surface area contributed by atoms with E-state index in [1.165, 1.54) is 0 Å². The predicted octanol–water partition coefficient (Wildman–Crippen LogP) is 3.87. The first-order chi connectivity index (χ1) is 8.21. The second-order valence-electron chi connectivity index (χ2n) is 4.87. The van der Waals surface area contributed by atoms with Crippen LogP contribution in [0.5, 0.6) is 0 Å². The number of ketones is 1. The quantitative estimate of drug-likeness (QED) is 0.789. The van der Waals surface area contributed by atoms with Crippen LogP contribution < -0.4 is 0 Å². The first-order valence-electron chi connectivity index (χ1n) is 5.37. The lowest BCUT2D eigenvalue weighted by atomic mass is 9.91. The molecule has 98 valence electrons. The Morgan fingerprint density at radius 3 is 2.50 bits per heavy atom. The highest BCUT2D eigenvalue weighted by Crippen LogP contribution is 2.22. The van der Waals surface area contributed by atoms with Gasteiger partial charge in [0.15, 0.2) is 12.4 Å². The van der Waals surface area contributed by atoms with E-state index in [0.29, 0.717) is 5.02 Å². The number of hydrogen-bond acceptors (Lipinski definition) is 3. The summed E-state index contributed by atoms with van der Waals surface area (Å²) in [5.41, 5.74) is -0.283. The molecule has 0 heterocycles. The van der Waals surface area contributed by atoms with E-state index in [4.69, 9.17) is 16.3 Å². The van der Waals surface area contributed by atoms with Crippen LogP contribution in [0.2, 0.25) is 5.02 Å². The van der Waals surface area contributed by atoms with E-state index < -0.39 is 11.4 Å². The third-order valence-corrected chi connectivity index (χ3v) is 3.14. The number of Topliss-reactive ketones (excluding diaryl/α,β-unsaturated/α-hetero) is 1. The lowest BCUT2D eigenvalue weighted by molar-refractivity contribution is -0.129. The number of halogens is 2. The maximum absolute atomic E-state index is 11.8. The molecule has 0 fully saturated rings. The number of ether oxygens (including phenoxy) is 1. The zero-order valence-electron chi connectivity index (χ0n) is 10.4. The Balaban J connectivity index is 2.72. The maximum atomic E-state index is 11.8. The highest BCUT2D eigenvalue weighted by molar-refractivity contribution is 9.10. The van der Waals surface area contributed by atoms with E-state index in [2.05, 4.69) is 15.9 Å². The summed E-state index contributed by atoms with van der Waals surface area (Å²) in [6.07, 6.45) is 0. The van der Waals surface area contributed by atoms with Crippen molar-refractivity contribution in [1.82, 2.24) is 0 Å². The minimum Gasteiger partial charge on any atom is -0.454 e. The van der Waals surface area contributed by atoms with Crippen molar-refractivity contribution in [3.05, 3.63) is 33.3 Å². The first-order valence-corrected chi connectivity index (χ1v) is 6.54. The number of carbonyl (C=O) groups is 2. The van der Waals surface area contributed by atoms with Crippen molar-refractivity contribution in [2.24, 2.45) is 5.41 Å². The average Bonchev–Trinajstić information content (AvgIpc) is 2.27. The summed E-state index contributed by atoms with van der Waals surface area (Å²) in [6.45, 7) is 5.07. The molecular formula is C13H14BrClO3. The molecule has 3 nitrogen and oxygen atoms in total. The molecule has 0 bridgehead atoms. The largest absolute Gasteiger partial charge is 0.454 e. The molecule has 5 heteroatoms. The normalized spacial score (nSPS) is 11.2. The number of benzene rings is 1. The highest BCUT2D eigenvalue weighted by atomic mass is 79.9. The fourth-order valence-corrected chi connectivity index (χ4v) is 1.64. The lowest BCUT2D eigenvalue weighted by Gasteiger charge is -2.16. The molecule has 0 N–H and O–H groups in total. The second kappa shape index (κ2) is 5.85. The molecule has 0 radical (unpaired) electrons. The van der Waals surface area contributed by atoms with Gasteiger partial charge in [0.2, 0.25) is 0 Å². The molecule has 0 aliphatic rings. The van der Waals surface area contributed by atoms with Crippen LogP contribution in [0.4, 0.5) is 0 Å². The fourth-order valence-electron chi connectivity index (χ4n) is 1.08. The molecule has 1 aromatic rings. The van der Waals surface area contributed by atoms with Gasteiger partial charge in [-0.1, -0.05) is 48.3 Å². The van der Waals surface area contributed by atoms with Crippen LogP contribution in [0, 0.1) is 5.41 Å². The Morgan fingerprint density at radius 2 is 1.94 bits per heavy atom. The molecule has 0 aliphatic carbocycles. The Bertz CT molecular complexity index is 478. The van der Waals surface area contributed by atoms with Gasteiger partial charge in [0, 0.05) is 9.89 Å². The van der Waals surface area contributed by atoms with Crippen molar-refractivity contribution in [3.8, 4) is 0 Å². The third kappa shape index (κ3) is 4.10. The molecule has 0 spiro atoms. The highest BCUT2D eigenvalue weighted by Gasteiger charge is 2.23. The van der Waals surface area contributed by atoms with Crippen molar-refractivity contribution in [3.63, 3.8) is 0 Å². The standard InChI is InChI=1S/C13H14BrClO3/c1-13(2,3)11(16)7-18-12(17)9-6-8(14)4-5-10(9)15/h4-6H,7H2,1-3H3. The first kappa shape index (κ1) is 15.2. The molecule has 1 aromatic carbocycles. The summed E-state index contributed by atoms with van der Waals surface area (Å²) in [7, 11) is 0. The van der Waals surface area contributed by atoms with E-state index >= 15 is 0 Å². The molecule has 0 atom stereocenters. The molecule has 0 aromatic heterocycles. The lowest BCUT2D eigenvalue weighted by Crippen LogP contribution is -2.26. The maximum Gasteiger partial charge on any atom is 0.340 e. The van der Waals surface area contributed by atoms with Crippen molar-refractivity contribution in [2.75, 3.05) is 6.61 Å². The van der Waals surface area contributed by atoms with Gasteiger partial charge < -0.3 is 4.74 Å². The van der Waals surface area contributed by atoms with Crippen LogP contribution in [0.15, 0.2) is 22.7 Å². The van der Waals surface area contributed by atoms with Gasteiger partial charge in [0.25, 0.3) is 0 Å². The fraction of sp³-hybridized carbons (Fsp3) is 0.385.